The van der Waals surface area contributed by atoms with Crippen LogP contribution < -0.4 is 5.32 Å². The van der Waals surface area contributed by atoms with Crippen molar-refractivity contribution in [2.24, 2.45) is 34.5 Å². The fourth-order valence-electron chi connectivity index (χ4n) is 8.51. The number of hydrogen-bond acceptors (Lipinski definition) is 5. The van der Waals surface area contributed by atoms with Crippen LogP contribution in [0.4, 0.5) is 22.0 Å². The Kier molecular flexibility index (Phi) is 7.91. The number of ketones is 1. The first-order valence-corrected chi connectivity index (χ1v) is 14.4. The molecule has 1 aromatic carbocycles. The molecule has 4 aliphatic rings. The van der Waals surface area contributed by atoms with Crippen LogP contribution in [0.1, 0.15) is 38.7 Å². The monoisotopic (exact) mass is 616 g/mol. The molecular formula is C30H34ClF5N2O4. The van der Waals surface area contributed by atoms with E-state index in [1.54, 1.807) is 31.2 Å². The Hall–Kier alpha value is -2.34. The number of aliphatic hydroxyl groups excluding tert-OH is 1. The van der Waals surface area contributed by atoms with E-state index in [9.17, 15) is 33.1 Å². The molecule has 12 heteroatoms. The summed E-state index contributed by atoms with van der Waals surface area (Å²) in [5.74, 6) is -5.06. The minimum atomic E-state index is -4.67. The average molecular weight is 617 g/mol. The Morgan fingerprint density at radius 3 is 2.48 bits per heavy atom. The number of nitrogens with zero attached hydrogens (tertiary/aromatic N) is 1. The zero-order chi connectivity index (χ0) is 30.8. The van der Waals surface area contributed by atoms with E-state index >= 15 is 8.78 Å². The maximum atomic E-state index is 17.4. The van der Waals surface area contributed by atoms with Crippen molar-refractivity contribution in [1.82, 2.24) is 10.4 Å². The third-order valence-corrected chi connectivity index (χ3v) is 10.5. The van der Waals surface area contributed by atoms with E-state index in [1.807, 2.05) is 5.32 Å². The van der Waals surface area contributed by atoms with Gasteiger partial charge in [-0.2, -0.15) is 18.2 Å². The van der Waals surface area contributed by atoms with Crippen LogP contribution in [0, 0.1) is 34.5 Å². The van der Waals surface area contributed by atoms with E-state index in [0.717, 1.165) is 17.2 Å². The molecule has 6 nitrogen and oxygen atoms in total. The Bertz CT molecular complexity index is 1310. The van der Waals surface area contributed by atoms with Gasteiger partial charge in [0.25, 0.3) is 0 Å². The molecule has 0 aromatic heterocycles. The molecule has 4 aliphatic carbocycles. The molecule has 0 spiro atoms. The fraction of sp³-hybridized carbons (Fsp3) is 0.600. The van der Waals surface area contributed by atoms with Crippen LogP contribution in [0.25, 0.3) is 0 Å². The third kappa shape index (κ3) is 5.10. The van der Waals surface area contributed by atoms with Crippen LogP contribution >= 0.6 is 11.6 Å². The highest BCUT2D eigenvalue weighted by Gasteiger charge is 2.73. The number of halogens is 6. The lowest BCUT2D eigenvalue weighted by Gasteiger charge is -2.62. The van der Waals surface area contributed by atoms with Gasteiger partial charge in [0.05, 0.1) is 6.10 Å². The summed E-state index contributed by atoms with van der Waals surface area (Å²) in [4.78, 5) is 25.5. The minimum absolute atomic E-state index is 0.0304. The highest BCUT2D eigenvalue weighted by molar-refractivity contribution is 6.30. The second-order valence-electron chi connectivity index (χ2n) is 12.7. The number of fused-ring (bicyclic) bond motifs is 5. The van der Waals surface area contributed by atoms with Gasteiger partial charge in [0.15, 0.2) is 11.5 Å². The van der Waals surface area contributed by atoms with E-state index in [0.29, 0.717) is 10.6 Å². The van der Waals surface area contributed by atoms with Crippen molar-refractivity contribution in [3.8, 4) is 0 Å². The molecule has 3 N–H and O–H groups in total. The van der Waals surface area contributed by atoms with Gasteiger partial charge in [0.2, 0.25) is 5.91 Å². The Balaban J connectivity index is 1.50. The number of amides is 1. The minimum Gasteiger partial charge on any atom is -0.390 e. The summed E-state index contributed by atoms with van der Waals surface area (Å²) in [7, 11) is 0. The Morgan fingerprint density at radius 2 is 1.83 bits per heavy atom. The smallest absolute Gasteiger partial charge is 0.390 e. The van der Waals surface area contributed by atoms with Gasteiger partial charge < -0.3 is 15.6 Å². The molecular weight excluding hydrogens is 583 g/mol. The molecule has 42 heavy (non-hydrogen) atoms. The van der Waals surface area contributed by atoms with E-state index in [1.165, 1.54) is 13.0 Å². The van der Waals surface area contributed by atoms with Gasteiger partial charge in [0, 0.05) is 35.4 Å². The SMILES string of the molecule is C[C@]12C[C@H](O)[C@@]3(F)[C@@H](C[C@H](F)C4=CC(=O)C=C[C@@]43C)[C@@H]1C[C@@H](CN(O)Cc1ccc(Cl)cc1)[C@@H]2C(=O)NCC(F)(F)F. The lowest BCUT2D eigenvalue weighted by Crippen LogP contribution is -2.68. The number of nitrogens with one attached hydrogen (secondary N) is 1. The van der Waals surface area contributed by atoms with Crippen molar-refractivity contribution in [3.63, 3.8) is 0 Å². The summed E-state index contributed by atoms with van der Waals surface area (Å²) in [5.41, 5.74) is -4.58. The molecule has 1 aromatic rings. The zero-order valence-electron chi connectivity index (χ0n) is 23.2. The van der Waals surface area contributed by atoms with Gasteiger partial charge in [-0.3, -0.25) is 9.59 Å². The van der Waals surface area contributed by atoms with Crippen molar-refractivity contribution in [1.29, 1.82) is 0 Å². The number of alkyl halides is 5. The molecule has 5 rings (SSSR count). The average Bonchev–Trinajstić information content (AvgIpc) is 3.17. The van der Waals surface area contributed by atoms with Crippen LogP contribution in [0.15, 0.2) is 48.1 Å². The number of hydroxylamine groups is 2. The van der Waals surface area contributed by atoms with Crippen molar-refractivity contribution in [2.75, 3.05) is 13.1 Å². The van der Waals surface area contributed by atoms with Gasteiger partial charge in [-0.1, -0.05) is 36.7 Å². The molecule has 230 valence electrons. The van der Waals surface area contributed by atoms with Gasteiger partial charge in [0.1, 0.15) is 12.7 Å². The molecule has 1 amide bonds. The third-order valence-electron chi connectivity index (χ3n) is 10.3. The normalized spacial score (nSPS) is 39.4. The summed E-state index contributed by atoms with van der Waals surface area (Å²) < 4.78 is 72.4. The first-order chi connectivity index (χ1) is 19.5. The Labute approximate surface area is 245 Å². The van der Waals surface area contributed by atoms with Crippen molar-refractivity contribution in [3.05, 3.63) is 58.7 Å². The standard InChI is InChI=1S/C30H34ClF5N2O4/c1-27-12-24(40)30(36)21(11-23(32)22-10-19(39)7-8-28(22,30)2)20(27)9-17(25(27)26(41)37-15-29(33,34)35)14-38(42)13-16-3-5-18(31)6-4-16/h3-8,10,17,20-21,23-25,40,42H,9,11-15H2,1-2H3,(H,37,41)/t17-,20-,21-,23-,24-,25+,27-,28-,30-/m0/s1. The summed E-state index contributed by atoms with van der Waals surface area (Å²) in [6, 6.07) is 6.66. The number of benzene rings is 1. The van der Waals surface area contributed by atoms with Crippen LogP contribution in [0.5, 0.6) is 0 Å². The van der Waals surface area contributed by atoms with E-state index < -0.39 is 76.9 Å². The number of hydrogen-bond donors (Lipinski definition) is 3. The van der Waals surface area contributed by atoms with Crippen LogP contribution in [-0.2, 0) is 16.1 Å². The van der Waals surface area contributed by atoms with E-state index in [-0.39, 0.29) is 37.9 Å². The topological polar surface area (TPSA) is 89.9 Å². The Morgan fingerprint density at radius 1 is 1.17 bits per heavy atom. The van der Waals surface area contributed by atoms with Crippen LogP contribution in [0.2, 0.25) is 5.02 Å². The number of carbonyl (C=O) groups excluding carboxylic acids is 2. The number of aliphatic hydroxyl groups is 1. The second-order valence-corrected chi connectivity index (χ2v) is 13.2. The maximum Gasteiger partial charge on any atom is 0.405 e. The van der Waals surface area contributed by atoms with Crippen molar-refractivity contribution in [2.45, 2.75) is 63.8 Å². The lowest BCUT2D eigenvalue weighted by molar-refractivity contribution is -0.202. The van der Waals surface area contributed by atoms with Crippen LogP contribution in [0.3, 0.4) is 0 Å². The molecule has 9 atom stereocenters. The molecule has 3 fully saturated rings. The van der Waals surface area contributed by atoms with Crippen molar-refractivity contribution < 1.29 is 41.9 Å². The highest BCUT2D eigenvalue weighted by atomic mass is 35.5. The first-order valence-electron chi connectivity index (χ1n) is 14.0. The fourth-order valence-corrected chi connectivity index (χ4v) is 8.64. The maximum absolute atomic E-state index is 17.4. The molecule has 0 saturated heterocycles. The summed E-state index contributed by atoms with van der Waals surface area (Å²) >= 11 is 5.93. The van der Waals surface area contributed by atoms with Crippen molar-refractivity contribution >= 4 is 23.3 Å². The molecule has 0 heterocycles. The molecule has 0 radical (unpaired) electrons. The highest BCUT2D eigenvalue weighted by Crippen LogP contribution is 2.70. The summed E-state index contributed by atoms with van der Waals surface area (Å²) in [6.07, 6.45) is -5.03. The van der Waals surface area contributed by atoms with Gasteiger partial charge in [-0.15, -0.1) is 0 Å². The van der Waals surface area contributed by atoms with Gasteiger partial charge >= 0.3 is 6.18 Å². The van der Waals surface area contributed by atoms with Gasteiger partial charge in [-0.25, -0.2) is 8.78 Å². The zero-order valence-corrected chi connectivity index (χ0v) is 23.9. The summed E-state index contributed by atoms with van der Waals surface area (Å²) in [6.45, 7) is 1.42. The van der Waals surface area contributed by atoms with Crippen LogP contribution in [-0.4, -0.2) is 64.3 Å². The van der Waals surface area contributed by atoms with E-state index in [4.69, 9.17) is 11.6 Å². The molecule has 0 unspecified atom stereocenters. The number of allylic oxidation sites excluding steroid dienone is 4. The van der Waals surface area contributed by atoms with E-state index in [2.05, 4.69) is 0 Å². The molecule has 0 bridgehead atoms. The largest absolute Gasteiger partial charge is 0.405 e. The number of rotatable bonds is 6. The first kappa shape index (κ1) is 31.1. The van der Waals surface area contributed by atoms with Gasteiger partial charge in [-0.05, 0) is 78.9 Å². The predicted molar refractivity (Wildman–Crippen MR) is 144 cm³/mol. The quantitative estimate of drug-likeness (QED) is 0.295. The number of carbonyl (C=O) groups is 2. The lowest BCUT2D eigenvalue weighted by atomic mass is 9.45. The second kappa shape index (κ2) is 10.7. The molecule has 0 aliphatic heterocycles. The molecule has 3 saturated carbocycles. The predicted octanol–water partition coefficient (Wildman–Crippen LogP) is 5.37. The summed E-state index contributed by atoms with van der Waals surface area (Å²) in [5, 5.41) is 25.7.